The number of carbonyl (C=O) groups excluding carboxylic acids is 1. The molecule has 2 aliphatic heterocycles. The van der Waals surface area contributed by atoms with Crippen molar-refractivity contribution in [2.24, 2.45) is 5.92 Å². The van der Waals surface area contributed by atoms with Crippen LogP contribution in [0.2, 0.25) is 0 Å². The second-order valence-corrected chi connectivity index (χ2v) is 8.66. The molecule has 4 rings (SSSR count). The largest absolute Gasteiger partial charge is 0.416 e. The second-order valence-electron chi connectivity index (χ2n) is 8.66. The summed E-state index contributed by atoms with van der Waals surface area (Å²) in [6.45, 7) is 6.69. The van der Waals surface area contributed by atoms with E-state index in [2.05, 4.69) is 26.9 Å². The van der Waals surface area contributed by atoms with Crippen LogP contribution in [-0.2, 0) is 17.4 Å². The van der Waals surface area contributed by atoms with Crippen LogP contribution in [0.5, 0.6) is 0 Å². The van der Waals surface area contributed by atoms with E-state index in [0.717, 1.165) is 42.8 Å². The van der Waals surface area contributed by atoms with Gasteiger partial charge in [-0.1, -0.05) is 19.1 Å². The maximum absolute atomic E-state index is 12.7. The van der Waals surface area contributed by atoms with Crippen LogP contribution in [0, 0.1) is 5.92 Å². The van der Waals surface area contributed by atoms with Crippen molar-refractivity contribution in [1.29, 1.82) is 0 Å². The van der Waals surface area contributed by atoms with Crippen LogP contribution >= 0.6 is 0 Å². The maximum Gasteiger partial charge on any atom is 0.416 e. The van der Waals surface area contributed by atoms with E-state index in [9.17, 15) is 18.0 Å². The number of nitrogens with zero attached hydrogens (tertiary/aromatic N) is 5. The average Bonchev–Trinajstić information content (AvgIpc) is 2.80. The Morgan fingerprint density at radius 1 is 0.875 bits per heavy atom. The third-order valence-electron chi connectivity index (χ3n) is 6.34. The van der Waals surface area contributed by atoms with E-state index in [1.807, 2.05) is 12.1 Å². The number of amides is 1. The summed E-state index contributed by atoms with van der Waals surface area (Å²) in [6.07, 6.45) is -1.93. The number of hydrogen-bond donors (Lipinski definition) is 0. The van der Waals surface area contributed by atoms with Gasteiger partial charge in [0.25, 0.3) is 0 Å². The predicted octanol–water partition coefficient (Wildman–Crippen LogP) is 3.62. The van der Waals surface area contributed by atoms with Gasteiger partial charge in [-0.05, 0) is 48.6 Å². The highest BCUT2D eigenvalue weighted by atomic mass is 19.4. The molecule has 0 saturated carbocycles. The van der Waals surface area contributed by atoms with Gasteiger partial charge in [-0.2, -0.15) is 13.2 Å². The summed E-state index contributed by atoms with van der Waals surface area (Å²) in [7, 11) is 0. The molecule has 0 atom stereocenters. The maximum atomic E-state index is 12.7. The van der Waals surface area contributed by atoms with Gasteiger partial charge in [0.15, 0.2) is 11.6 Å². The fourth-order valence-electron chi connectivity index (χ4n) is 4.18. The number of piperidine rings is 1. The highest BCUT2D eigenvalue weighted by Gasteiger charge is 2.30. The van der Waals surface area contributed by atoms with E-state index < -0.39 is 11.7 Å². The first-order valence-corrected chi connectivity index (χ1v) is 11.1. The van der Waals surface area contributed by atoms with Gasteiger partial charge in [-0.15, -0.1) is 10.2 Å². The Hall–Kier alpha value is -2.84. The molecule has 0 aliphatic carbocycles. The summed E-state index contributed by atoms with van der Waals surface area (Å²) in [5.41, 5.74) is -0.122. The summed E-state index contributed by atoms with van der Waals surface area (Å²) in [5.74, 6) is 2.39. The molecule has 0 spiro atoms. The average molecular weight is 448 g/mol. The Labute approximate surface area is 186 Å². The topological polar surface area (TPSA) is 52.6 Å². The van der Waals surface area contributed by atoms with Gasteiger partial charge in [0.1, 0.15) is 0 Å². The SMILES string of the molecule is CC1CCN(c2ccc(N3CCN(C(=O)Cc4ccc(C(F)(F)F)cc4)CC3)nn2)CC1. The second kappa shape index (κ2) is 9.34. The number of aromatic nitrogens is 2. The van der Waals surface area contributed by atoms with Crippen LogP contribution in [0.1, 0.15) is 30.9 Å². The molecular weight excluding hydrogens is 419 g/mol. The number of piperazine rings is 1. The Morgan fingerprint density at radius 3 is 1.91 bits per heavy atom. The van der Waals surface area contributed by atoms with Gasteiger partial charge in [-0.3, -0.25) is 4.79 Å². The van der Waals surface area contributed by atoms with Crippen molar-refractivity contribution < 1.29 is 18.0 Å². The van der Waals surface area contributed by atoms with E-state index in [1.165, 1.54) is 25.0 Å². The summed E-state index contributed by atoms with van der Waals surface area (Å²) in [5, 5.41) is 8.81. The highest BCUT2D eigenvalue weighted by Crippen LogP contribution is 2.29. The van der Waals surface area contributed by atoms with Gasteiger partial charge in [0.2, 0.25) is 5.91 Å². The van der Waals surface area contributed by atoms with Crippen LogP contribution in [0.15, 0.2) is 36.4 Å². The number of carbonyl (C=O) groups is 1. The van der Waals surface area contributed by atoms with E-state index in [4.69, 9.17) is 0 Å². The Bertz CT molecular complexity index is 901. The zero-order valence-corrected chi connectivity index (χ0v) is 18.2. The lowest BCUT2D eigenvalue weighted by atomic mass is 9.99. The summed E-state index contributed by atoms with van der Waals surface area (Å²) in [6, 6.07) is 8.79. The fourth-order valence-corrected chi connectivity index (χ4v) is 4.18. The molecule has 2 fully saturated rings. The molecule has 3 heterocycles. The van der Waals surface area contributed by atoms with E-state index in [1.54, 1.807) is 4.90 Å². The molecule has 172 valence electrons. The molecule has 0 radical (unpaired) electrons. The third kappa shape index (κ3) is 5.31. The molecule has 2 aliphatic rings. The Kier molecular flexibility index (Phi) is 6.53. The minimum atomic E-state index is -4.37. The van der Waals surface area contributed by atoms with E-state index in [0.29, 0.717) is 31.7 Å². The van der Waals surface area contributed by atoms with Crippen molar-refractivity contribution in [3.05, 3.63) is 47.5 Å². The summed E-state index contributed by atoms with van der Waals surface area (Å²) < 4.78 is 38.1. The Morgan fingerprint density at radius 2 is 1.41 bits per heavy atom. The molecule has 2 aromatic rings. The van der Waals surface area contributed by atoms with Gasteiger partial charge < -0.3 is 14.7 Å². The number of anilines is 2. The van der Waals surface area contributed by atoms with Crippen molar-refractivity contribution in [2.45, 2.75) is 32.4 Å². The minimum Gasteiger partial charge on any atom is -0.355 e. The summed E-state index contributed by atoms with van der Waals surface area (Å²) >= 11 is 0. The number of alkyl halides is 3. The van der Waals surface area contributed by atoms with Gasteiger partial charge in [0.05, 0.1) is 12.0 Å². The quantitative estimate of drug-likeness (QED) is 0.717. The smallest absolute Gasteiger partial charge is 0.355 e. The van der Waals surface area contributed by atoms with E-state index >= 15 is 0 Å². The third-order valence-corrected chi connectivity index (χ3v) is 6.34. The molecule has 6 nitrogen and oxygen atoms in total. The van der Waals surface area contributed by atoms with Crippen LogP contribution in [-0.4, -0.2) is 60.3 Å². The molecule has 2 saturated heterocycles. The number of benzene rings is 1. The molecule has 1 aromatic heterocycles. The van der Waals surface area contributed by atoms with Crippen molar-refractivity contribution in [3.8, 4) is 0 Å². The van der Waals surface area contributed by atoms with Crippen molar-refractivity contribution >= 4 is 17.5 Å². The van der Waals surface area contributed by atoms with E-state index in [-0.39, 0.29) is 12.3 Å². The van der Waals surface area contributed by atoms with Gasteiger partial charge in [0, 0.05) is 39.3 Å². The molecule has 0 N–H and O–H groups in total. The lowest BCUT2D eigenvalue weighted by Gasteiger charge is -2.35. The molecule has 1 amide bonds. The lowest BCUT2D eigenvalue weighted by molar-refractivity contribution is -0.137. The minimum absolute atomic E-state index is 0.0785. The van der Waals surface area contributed by atoms with Crippen molar-refractivity contribution in [1.82, 2.24) is 15.1 Å². The molecule has 0 bridgehead atoms. The number of rotatable bonds is 4. The van der Waals surface area contributed by atoms with Crippen molar-refractivity contribution in [3.63, 3.8) is 0 Å². The standard InChI is InChI=1S/C23H28F3N5O/c1-17-8-10-29(11-9-17)20-6-7-21(28-27-20)30-12-14-31(15-13-30)22(32)16-18-2-4-19(5-3-18)23(24,25)26/h2-7,17H,8-16H2,1H3. The number of hydrogen-bond acceptors (Lipinski definition) is 5. The molecule has 32 heavy (non-hydrogen) atoms. The Balaban J connectivity index is 1.27. The van der Waals surface area contributed by atoms with Crippen LogP contribution in [0.25, 0.3) is 0 Å². The zero-order valence-electron chi connectivity index (χ0n) is 18.2. The summed E-state index contributed by atoms with van der Waals surface area (Å²) in [4.78, 5) is 18.7. The molecule has 9 heteroatoms. The van der Waals surface area contributed by atoms with Gasteiger partial charge >= 0.3 is 6.18 Å². The van der Waals surface area contributed by atoms with Crippen LogP contribution in [0.3, 0.4) is 0 Å². The van der Waals surface area contributed by atoms with Gasteiger partial charge in [-0.25, -0.2) is 0 Å². The first-order chi connectivity index (χ1) is 15.3. The molecular formula is C23H28F3N5O. The van der Waals surface area contributed by atoms with Crippen LogP contribution < -0.4 is 9.80 Å². The van der Waals surface area contributed by atoms with Crippen LogP contribution in [0.4, 0.5) is 24.8 Å². The first-order valence-electron chi connectivity index (χ1n) is 11.1. The monoisotopic (exact) mass is 447 g/mol. The first kappa shape index (κ1) is 22.4. The fraction of sp³-hybridized carbons (Fsp3) is 0.522. The normalized spacial score (nSPS) is 18.2. The predicted molar refractivity (Wildman–Crippen MR) is 117 cm³/mol. The molecule has 0 unspecified atom stereocenters. The molecule has 1 aromatic carbocycles. The number of halogens is 3. The zero-order chi connectivity index (χ0) is 22.7. The van der Waals surface area contributed by atoms with Crippen molar-refractivity contribution in [2.75, 3.05) is 49.1 Å². The lowest BCUT2D eigenvalue weighted by Crippen LogP contribution is -2.49. The highest BCUT2D eigenvalue weighted by molar-refractivity contribution is 5.79.